The first-order valence-corrected chi connectivity index (χ1v) is 25.7. The lowest BCUT2D eigenvalue weighted by atomic mass is 10.1. The van der Waals surface area contributed by atoms with Crippen molar-refractivity contribution in [1.29, 1.82) is 0 Å². The van der Waals surface area contributed by atoms with Crippen LogP contribution in [0.4, 0.5) is 0 Å². The molecule has 0 bridgehead atoms. The zero-order valence-corrected chi connectivity index (χ0v) is 40.0. The van der Waals surface area contributed by atoms with E-state index in [1.807, 2.05) is 0 Å². The minimum absolute atomic E-state index is 0.131. The summed E-state index contributed by atoms with van der Waals surface area (Å²) in [4.78, 5) is 48.1. The Balaban J connectivity index is 4.77. The number of hydrogen-bond donors (Lipinski definition) is 2. The molecule has 62 heavy (non-hydrogen) atoms. The van der Waals surface area contributed by atoms with Gasteiger partial charge in [-0.15, -0.1) is 0 Å². The first-order chi connectivity index (χ1) is 30.2. The van der Waals surface area contributed by atoms with Crippen LogP contribution >= 0.6 is 7.82 Å². The van der Waals surface area contributed by atoms with Gasteiger partial charge in [-0.05, 0) is 77.0 Å². The van der Waals surface area contributed by atoms with Crippen molar-refractivity contribution in [2.45, 2.75) is 213 Å². The molecule has 0 aliphatic carbocycles. The molecule has 11 nitrogen and oxygen atoms in total. The first-order valence-electron chi connectivity index (χ1n) is 24.2. The Morgan fingerprint density at radius 3 is 1.37 bits per heavy atom. The molecule has 3 atom stereocenters. The third-order valence-electron chi connectivity index (χ3n) is 9.91. The van der Waals surface area contributed by atoms with Crippen molar-refractivity contribution in [3.8, 4) is 0 Å². The van der Waals surface area contributed by atoms with Crippen molar-refractivity contribution in [2.75, 3.05) is 26.4 Å². The maximum atomic E-state index is 12.8. The highest BCUT2D eigenvalue weighted by atomic mass is 31.2. The number of carbonyl (C=O) groups is 3. The Morgan fingerprint density at radius 2 is 0.871 bits per heavy atom. The molecule has 0 aliphatic heterocycles. The molecule has 358 valence electrons. The predicted molar refractivity (Wildman–Crippen MR) is 252 cm³/mol. The summed E-state index contributed by atoms with van der Waals surface area (Å²) < 4.78 is 39.1. The van der Waals surface area contributed by atoms with Gasteiger partial charge in [0.05, 0.1) is 19.8 Å². The Bertz CT molecular complexity index is 1280. The quantitative estimate of drug-likeness (QED) is 0.0197. The first kappa shape index (κ1) is 59.2. The van der Waals surface area contributed by atoms with Crippen molar-refractivity contribution in [1.82, 2.24) is 0 Å². The maximum Gasteiger partial charge on any atom is 0.472 e. The normalized spacial score (nSPS) is 14.1. The molecule has 0 aromatic heterocycles. The molecule has 0 rings (SSSR count). The number of esters is 3. The van der Waals surface area contributed by atoms with Crippen LogP contribution < -0.4 is 0 Å². The van der Waals surface area contributed by atoms with E-state index in [0.717, 1.165) is 103 Å². The second-order valence-electron chi connectivity index (χ2n) is 15.9. The molecular formula is C50H87O11P. The SMILES string of the molecule is CC/C=C\C/C=C\C/C=C\CCCCCC(=O)OC(COC(=O)CCCCCCCCCCC)COP(=O)(O)OCC(CO)OC(=O)CCCCCCC/C=C\C/C=C\CCC. The van der Waals surface area contributed by atoms with Crippen molar-refractivity contribution in [3.05, 3.63) is 60.8 Å². The van der Waals surface area contributed by atoms with Crippen LogP contribution in [0.25, 0.3) is 0 Å². The molecule has 3 unspecified atom stereocenters. The summed E-state index contributed by atoms with van der Waals surface area (Å²) in [5.74, 6) is -1.52. The minimum atomic E-state index is -4.74. The van der Waals surface area contributed by atoms with Crippen molar-refractivity contribution >= 4 is 25.7 Å². The molecule has 0 aromatic rings. The average Bonchev–Trinajstić information content (AvgIpc) is 3.25. The molecular weight excluding hydrogens is 808 g/mol. The summed E-state index contributed by atoms with van der Waals surface area (Å²) in [6.45, 7) is 4.36. The molecule has 0 radical (unpaired) electrons. The highest BCUT2D eigenvalue weighted by molar-refractivity contribution is 7.47. The smallest absolute Gasteiger partial charge is 0.462 e. The summed E-state index contributed by atoms with van der Waals surface area (Å²) in [6.07, 6.45) is 44.9. The van der Waals surface area contributed by atoms with E-state index in [4.69, 9.17) is 23.3 Å². The Kier molecular flexibility index (Phi) is 42.7. The minimum Gasteiger partial charge on any atom is -0.462 e. The lowest BCUT2D eigenvalue weighted by Gasteiger charge is -2.21. The Labute approximate surface area is 376 Å². The van der Waals surface area contributed by atoms with E-state index in [1.54, 1.807) is 0 Å². The van der Waals surface area contributed by atoms with Crippen LogP contribution in [0.5, 0.6) is 0 Å². The average molecular weight is 895 g/mol. The van der Waals surface area contributed by atoms with Crippen molar-refractivity contribution < 1.29 is 52.2 Å². The monoisotopic (exact) mass is 895 g/mol. The topological polar surface area (TPSA) is 155 Å². The maximum absolute atomic E-state index is 12.8. The summed E-state index contributed by atoms with van der Waals surface area (Å²) >= 11 is 0. The fourth-order valence-electron chi connectivity index (χ4n) is 6.23. The molecule has 12 heteroatoms. The molecule has 0 amide bonds. The van der Waals surface area contributed by atoms with E-state index >= 15 is 0 Å². The van der Waals surface area contributed by atoms with E-state index in [2.05, 4.69) is 81.5 Å². The number of hydrogen-bond acceptors (Lipinski definition) is 10. The number of rotatable bonds is 44. The fourth-order valence-corrected chi connectivity index (χ4v) is 7.01. The van der Waals surface area contributed by atoms with Crippen molar-refractivity contribution in [2.24, 2.45) is 0 Å². The van der Waals surface area contributed by atoms with Gasteiger partial charge in [0.25, 0.3) is 0 Å². The van der Waals surface area contributed by atoms with Gasteiger partial charge in [-0.3, -0.25) is 23.4 Å². The number of aliphatic hydroxyl groups is 1. The standard InChI is InChI=1S/C50H87O11P/c1-4-7-10-13-16-19-21-23-25-28-31-34-37-40-49(53)60-46(42-51)44-58-62(55,56)59-45-47(43-57-48(52)39-36-33-30-27-18-15-12-9-6-3)61-50(54)41-38-35-32-29-26-24-22-20-17-14-11-8-5-2/h8,10-11,13,17,19-21,24,26,46-47,51H,4-7,9,12,14-16,18,22-23,25,27-45H2,1-3H3,(H,55,56)/b11-8-,13-10-,20-17-,21-19-,26-24-. The van der Waals surface area contributed by atoms with Crippen LogP contribution in [0.1, 0.15) is 201 Å². The number of phosphoric acid groups is 1. The molecule has 0 fully saturated rings. The second kappa shape index (κ2) is 44.8. The molecule has 2 N–H and O–H groups in total. The molecule has 0 aliphatic rings. The van der Waals surface area contributed by atoms with Gasteiger partial charge in [0.15, 0.2) is 6.10 Å². The molecule has 0 saturated carbocycles. The number of ether oxygens (including phenoxy) is 3. The lowest BCUT2D eigenvalue weighted by Crippen LogP contribution is -2.30. The van der Waals surface area contributed by atoms with Gasteiger partial charge in [0.1, 0.15) is 12.7 Å². The van der Waals surface area contributed by atoms with Crippen LogP contribution in [-0.4, -0.2) is 66.5 Å². The summed E-state index contributed by atoms with van der Waals surface area (Å²) in [7, 11) is -4.74. The van der Waals surface area contributed by atoms with E-state index in [1.165, 1.54) is 38.5 Å². The van der Waals surface area contributed by atoms with Gasteiger partial charge in [-0.2, -0.15) is 0 Å². The van der Waals surface area contributed by atoms with E-state index in [0.29, 0.717) is 19.3 Å². The third kappa shape index (κ3) is 42.5. The van der Waals surface area contributed by atoms with Crippen LogP contribution in [0.15, 0.2) is 60.8 Å². The number of phosphoric ester groups is 1. The molecule has 0 saturated heterocycles. The van der Waals surface area contributed by atoms with Gasteiger partial charge >= 0.3 is 25.7 Å². The number of unbranched alkanes of at least 4 members (excludes halogenated alkanes) is 17. The Morgan fingerprint density at radius 1 is 0.468 bits per heavy atom. The number of carbonyl (C=O) groups excluding carboxylic acids is 3. The van der Waals surface area contributed by atoms with E-state index < -0.39 is 57.8 Å². The van der Waals surface area contributed by atoms with Crippen molar-refractivity contribution in [3.63, 3.8) is 0 Å². The summed E-state index contributed by atoms with van der Waals surface area (Å²) in [6, 6.07) is 0. The van der Waals surface area contributed by atoms with Gasteiger partial charge in [0, 0.05) is 19.3 Å². The Hall–Kier alpha value is -2.82. The third-order valence-corrected chi connectivity index (χ3v) is 10.9. The van der Waals surface area contributed by atoms with Gasteiger partial charge < -0.3 is 24.2 Å². The summed E-state index contributed by atoms with van der Waals surface area (Å²) in [5.41, 5.74) is 0. The summed E-state index contributed by atoms with van der Waals surface area (Å²) in [5, 5.41) is 9.74. The van der Waals surface area contributed by atoms with E-state index in [9.17, 15) is 28.9 Å². The zero-order chi connectivity index (χ0) is 45.6. The predicted octanol–water partition coefficient (Wildman–Crippen LogP) is 13.2. The number of allylic oxidation sites excluding steroid dienone is 10. The van der Waals surface area contributed by atoms with Gasteiger partial charge in [0.2, 0.25) is 0 Å². The highest BCUT2D eigenvalue weighted by Crippen LogP contribution is 2.43. The van der Waals surface area contributed by atoms with Crippen LogP contribution in [0.2, 0.25) is 0 Å². The molecule has 0 spiro atoms. The molecule has 0 heterocycles. The van der Waals surface area contributed by atoms with Crippen LogP contribution in [0.3, 0.4) is 0 Å². The fraction of sp³-hybridized carbons (Fsp3) is 0.740. The largest absolute Gasteiger partial charge is 0.472 e. The molecule has 0 aromatic carbocycles. The lowest BCUT2D eigenvalue weighted by molar-refractivity contribution is -0.161. The number of aliphatic hydroxyl groups excluding tert-OH is 1. The zero-order valence-electron chi connectivity index (χ0n) is 39.1. The second-order valence-corrected chi connectivity index (χ2v) is 17.3. The van der Waals surface area contributed by atoms with Crippen LogP contribution in [-0.2, 0) is 42.2 Å². The van der Waals surface area contributed by atoms with Gasteiger partial charge in [-0.25, -0.2) is 4.57 Å². The van der Waals surface area contributed by atoms with Gasteiger partial charge in [-0.1, -0.05) is 165 Å². The van der Waals surface area contributed by atoms with E-state index in [-0.39, 0.29) is 25.9 Å². The van der Waals surface area contributed by atoms with Crippen LogP contribution in [0, 0.1) is 0 Å². The highest BCUT2D eigenvalue weighted by Gasteiger charge is 2.28.